The molecule has 0 radical (unpaired) electrons. The van der Waals surface area contributed by atoms with Crippen molar-refractivity contribution >= 4 is 20.1 Å². The monoisotopic (exact) mass is 372 g/mol. The molecule has 0 unspecified atom stereocenters. The van der Waals surface area contributed by atoms with E-state index in [1.165, 1.54) is 7.11 Å². The average Bonchev–Trinajstić information content (AvgIpc) is 2.49. The molecule has 0 saturated carbocycles. The van der Waals surface area contributed by atoms with Crippen molar-refractivity contribution in [2.24, 2.45) is 11.8 Å². The van der Waals surface area contributed by atoms with Crippen molar-refractivity contribution in [1.82, 2.24) is 0 Å². The molecule has 0 bridgehead atoms. The van der Waals surface area contributed by atoms with Crippen molar-refractivity contribution in [3.63, 3.8) is 0 Å². The van der Waals surface area contributed by atoms with E-state index < -0.39 is 38.3 Å². The van der Waals surface area contributed by atoms with Crippen LogP contribution in [0.15, 0.2) is 12.2 Å². The minimum Gasteiger partial charge on any atom is -0.469 e. The number of ether oxygens (including phenoxy) is 1. The van der Waals surface area contributed by atoms with Gasteiger partial charge in [0, 0.05) is 12.3 Å². The maximum Gasteiger partial charge on any atom is 0.310 e. The van der Waals surface area contributed by atoms with Crippen LogP contribution in [0.3, 0.4) is 0 Å². The Hall–Kier alpha value is -0.983. The van der Waals surface area contributed by atoms with Crippen LogP contribution >= 0.6 is 0 Å². The number of carbonyl (C=O) groups excluding carboxylic acids is 2. The van der Waals surface area contributed by atoms with Crippen molar-refractivity contribution < 1.29 is 23.9 Å². The summed E-state index contributed by atoms with van der Waals surface area (Å²) in [5.41, 5.74) is 0. The van der Waals surface area contributed by atoms with Crippen LogP contribution in [0.25, 0.3) is 0 Å². The molecule has 0 aliphatic rings. The van der Waals surface area contributed by atoms with E-state index in [4.69, 9.17) is 9.16 Å². The van der Waals surface area contributed by atoms with Crippen LogP contribution in [-0.4, -0.2) is 44.5 Å². The van der Waals surface area contributed by atoms with Gasteiger partial charge in [-0.15, -0.1) is 0 Å². The number of aliphatic hydroxyl groups is 1. The van der Waals surface area contributed by atoms with E-state index >= 15 is 0 Å². The molecule has 146 valence electrons. The van der Waals surface area contributed by atoms with Gasteiger partial charge in [-0.2, -0.15) is 0 Å². The molecule has 0 aromatic heterocycles. The number of aliphatic hydroxyl groups excluding tert-OH is 1. The number of carbonyl (C=O) groups is 2. The van der Waals surface area contributed by atoms with Crippen LogP contribution in [0.1, 0.15) is 48.0 Å². The molecule has 0 amide bonds. The Kier molecular flexibility index (Phi) is 9.26. The lowest BCUT2D eigenvalue weighted by Gasteiger charge is -2.42. The highest BCUT2D eigenvalue weighted by molar-refractivity contribution is 6.74. The average molecular weight is 373 g/mol. The Labute approximate surface area is 153 Å². The lowest BCUT2D eigenvalue weighted by molar-refractivity contribution is -0.150. The summed E-state index contributed by atoms with van der Waals surface area (Å²) in [7, 11) is -0.852. The van der Waals surface area contributed by atoms with Gasteiger partial charge in [0.25, 0.3) is 0 Å². The zero-order valence-electron chi connectivity index (χ0n) is 17.3. The molecule has 0 rings (SSSR count). The first kappa shape index (κ1) is 24.0. The Balaban J connectivity index is 5.52. The second-order valence-electron chi connectivity index (χ2n) is 8.21. The number of allylic oxidation sites excluding steroid dienone is 1. The summed E-state index contributed by atoms with van der Waals surface area (Å²) in [4.78, 5) is 24.7. The zero-order valence-corrected chi connectivity index (χ0v) is 18.3. The minimum atomic E-state index is -2.19. The van der Waals surface area contributed by atoms with Gasteiger partial charge in [0.15, 0.2) is 8.32 Å². The van der Waals surface area contributed by atoms with Gasteiger partial charge in [0.05, 0.1) is 25.2 Å². The van der Waals surface area contributed by atoms with E-state index in [2.05, 4.69) is 33.9 Å². The van der Waals surface area contributed by atoms with E-state index in [0.29, 0.717) is 0 Å². The second kappa shape index (κ2) is 9.64. The number of methoxy groups -OCH3 is 1. The number of esters is 1. The first-order chi connectivity index (χ1) is 11.3. The molecule has 0 aliphatic heterocycles. The maximum absolute atomic E-state index is 12.6. The predicted octanol–water partition coefficient (Wildman–Crippen LogP) is 3.72. The highest BCUT2D eigenvalue weighted by Crippen LogP contribution is 2.39. The van der Waals surface area contributed by atoms with Gasteiger partial charge in [-0.1, -0.05) is 39.8 Å². The molecule has 4 atom stereocenters. The van der Waals surface area contributed by atoms with E-state index in [1.807, 2.05) is 0 Å². The van der Waals surface area contributed by atoms with Gasteiger partial charge in [0.2, 0.25) is 0 Å². The SMILES string of the molecule is C/C=C/[C@H](O)CC(=O)[C@H](C)[C@H](O[Si](C)(C)C(C)(C)C)[C@@H](C)C(=O)OC. The fraction of sp³-hybridized carbons (Fsp3) is 0.789. The molecule has 0 heterocycles. The fourth-order valence-electron chi connectivity index (χ4n) is 2.34. The Morgan fingerprint density at radius 2 is 1.68 bits per heavy atom. The van der Waals surface area contributed by atoms with E-state index in [9.17, 15) is 14.7 Å². The van der Waals surface area contributed by atoms with E-state index in [0.717, 1.165) is 0 Å². The molecule has 1 N–H and O–H groups in total. The van der Waals surface area contributed by atoms with Gasteiger partial charge in [0.1, 0.15) is 5.78 Å². The standard InChI is InChI=1S/C19H36O5Si/c1-10-11-15(20)12-16(21)13(2)17(14(3)18(22)23-7)24-25(8,9)19(4,5)6/h10-11,13-15,17,20H,12H2,1-9H3/b11-10+/t13-,14+,15-,17-/m0/s1. The van der Waals surface area contributed by atoms with E-state index in [1.54, 1.807) is 32.9 Å². The van der Waals surface area contributed by atoms with Crippen LogP contribution in [0.4, 0.5) is 0 Å². The highest BCUT2D eigenvalue weighted by atomic mass is 28.4. The van der Waals surface area contributed by atoms with Crippen molar-refractivity contribution in [1.29, 1.82) is 0 Å². The molecule has 6 heteroatoms. The maximum atomic E-state index is 12.6. The first-order valence-corrected chi connectivity index (χ1v) is 11.8. The molecule has 5 nitrogen and oxygen atoms in total. The van der Waals surface area contributed by atoms with Crippen molar-refractivity contribution in [2.75, 3.05) is 7.11 Å². The van der Waals surface area contributed by atoms with Gasteiger partial charge >= 0.3 is 5.97 Å². The topological polar surface area (TPSA) is 72.8 Å². The number of hydrogen-bond acceptors (Lipinski definition) is 5. The number of Topliss-reactive ketones (excluding diaryl/α,β-unsaturated/α-hetero) is 1. The summed E-state index contributed by atoms with van der Waals surface area (Å²) in [5.74, 6) is -1.58. The third kappa shape index (κ3) is 7.03. The number of rotatable bonds is 9. The molecular formula is C19H36O5Si. The molecule has 0 saturated heterocycles. The third-order valence-corrected chi connectivity index (χ3v) is 9.60. The predicted molar refractivity (Wildman–Crippen MR) is 103 cm³/mol. The third-order valence-electron chi connectivity index (χ3n) is 5.13. The normalized spacial score (nSPS) is 17.8. The van der Waals surface area contributed by atoms with Gasteiger partial charge in [-0.3, -0.25) is 9.59 Å². The zero-order chi connectivity index (χ0) is 20.0. The molecule has 0 fully saturated rings. The van der Waals surface area contributed by atoms with Crippen LogP contribution in [-0.2, 0) is 18.8 Å². The largest absolute Gasteiger partial charge is 0.469 e. The quantitative estimate of drug-likeness (QED) is 0.379. The lowest BCUT2D eigenvalue weighted by Crippen LogP contribution is -2.50. The number of ketones is 1. The summed E-state index contributed by atoms with van der Waals surface area (Å²) >= 11 is 0. The van der Waals surface area contributed by atoms with Crippen molar-refractivity contribution in [3.05, 3.63) is 12.2 Å². The molecule has 0 spiro atoms. The van der Waals surface area contributed by atoms with Gasteiger partial charge < -0.3 is 14.3 Å². The summed E-state index contributed by atoms with van der Waals surface area (Å²) in [6, 6.07) is 0. The summed E-state index contributed by atoms with van der Waals surface area (Å²) in [6.07, 6.45) is 1.92. The summed E-state index contributed by atoms with van der Waals surface area (Å²) in [6.45, 7) is 15.8. The smallest absolute Gasteiger partial charge is 0.310 e. The first-order valence-electron chi connectivity index (χ1n) is 8.87. The van der Waals surface area contributed by atoms with Crippen LogP contribution in [0.5, 0.6) is 0 Å². The molecule has 25 heavy (non-hydrogen) atoms. The Morgan fingerprint density at radius 1 is 1.16 bits per heavy atom. The Morgan fingerprint density at radius 3 is 2.08 bits per heavy atom. The van der Waals surface area contributed by atoms with Crippen LogP contribution in [0, 0.1) is 11.8 Å². The van der Waals surface area contributed by atoms with Gasteiger partial charge in [-0.25, -0.2) is 0 Å². The Bertz CT molecular complexity index is 479. The molecule has 0 aromatic rings. The van der Waals surface area contributed by atoms with Crippen LogP contribution in [0.2, 0.25) is 18.1 Å². The molecule has 0 aliphatic carbocycles. The van der Waals surface area contributed by atoms with Crippen LogP contribution < -0.4 is 0 Å². The highest BCUT2D eigenvalue weighted by Gasteiger charge is 2.44. The molecular weight excluding hydrogens is 336 g/mol. The second-order valence-corrected chi connectivity index (χ2v) is 13.0. The molecule has 0 aromatic carbocycles. The van der Waals surface area contributed by atoms with Gasteiger partial charge in [-0.05, 0) is 32.0 Å². The summed E-state index contributed by atoms with van der Waals surface area (Å²) in [5, 5.41) is 9.83. The van der Waals surface area contributed by atoms with Crippen molar-refractivity contribution in [3.8, 4) is 0 Å². The van der Waals surface area contributed by atoms with E-state index in [-0.39, 0.29) is 17.2 Å². The fourth-order valence-corrected chi connectivity index (χ4v) is 3.78. The summed E-state index contributed by atoms with van der Waals surface area (Å²) < 4.78 is 11.3. The number of hydrogen-bond donors (Lipinski definition) is 1. The lowest BCUT2D eigenvalue weighted by atomic mass is 9.88. The van der Waals surface area contributed by atoms with Crippen molar-refractivity contribution in [2.45, 2.75) is 78.3 Å². The minimum absolute atomic E-state index is 0.0107.